The number of nitrogens with two attached hydrogens (primary N) is 2. The number of carbonyl (C=O) groups is 10. The number of rotatable bonds is 27. The first kappa shape index (κ1) is 52.9. The number of carboxylic acids is 2. The molecule has 1 aromatic heterocycles. The standard InChI is InChI=1S/C37H53N11O16/c1-16(50)29(39)35(61)44-21(7-8-26(38)53)31(57)48-30(17(2)51)36(62)41-13-27(54)43-25(14-49)34(60)45-22(10-19-12-40-15-42-19)32(58)46-23(11-28(55)56)33(59)47-24(37(63)64)9-18-3-5-20(52)6-4-18/h3-6,12,15-17,21-25,29-30,49-52H,7-11,13-14,39H2,1-2H3,(H2,38,53)(H,40,42)(H,41,62)(H,43,54)(H,44,61)(H,45,60)(H,46,58)(H,47,59)(H,48,57)(H,55,56)(H,63,64)/t16-,17-,21+,22+,23+,24+,25+,29+,30+/m1/s1. The normalized spacial score (nSPS) is 15.2. The lowest BCUT2D eigenvalue weighted by Crippen LogP contribution is -2.60. The molecule has 2 aromatic rings. The van der Waals surface area contributed by atoms with Crippen LogP contribution in [-0.2, 0) is 60.8 Å². The van der Waals surface area contributed by atoms with Gasteiger partial charge in [0.2, 0.25) is 47.3 Å². The van der Waals surface area contributed by atoms with E-state index in [0.717, 1.165) is 6.92 Å². The highest BCUT2D eigenvalue weighted by Gasteiger charge is 2.34. The number of phenols is 1. The molecule has 2 rings (SSSR count). The zero-order chi connectivity index (χ0) is 48.3. The molecular formula is C37H53N11O16. The smallest absolute Gasteiger partial charge is 0.326 e. The van der Waals surface area contributed by atoms with Gasteiger partial charge < -0.3 is 84.3 Å². The minimum Gasteiger partial charge on any atom is -0.508 e. The number of primary amides is 1. The first-order valence-electron chi connectivity index (χ1n) is 19.3. The Bertz CT molecular complexity index is 1960. The van der Waals surface area contributed by atoms with Gasteiger partial charge in [-0.15, -0.1) is 0 Å². The van der Waals surface area contributed by atoms with Crippen LogP contribution in [-0.4, -0.2) is 167 Å². The fourth-order valence-electron chi connectivity index (χ4n) is 5.51. The summed E-state index contributed by atoms with van der Waals surface area (Å²) in [6.07, 6.45) is -2.99. The van der Waals surface area contributed by atoms with Gasteiger partial charge in [0.1, 0.15) is 48.0 Å². The molecule has 0 aliphatic heterocycles. The summed E-state index contributed by atoms with van der Waals surface area (Å²) in [6.45, 7) is 0.281. The third-order valence-electron chi connectivity index (χ3n) is 9.07. The van der Waals surface area contributed by atoms with E-state index in [-0.39, 0.29) is 30.7 Å². The number of benzene rings is 1. The van der Waals surface area contributed by atoms with Crippen molar-refractivity contribution in [3.8, 4) is 5.75 Å². The third-order valence-corrected chi connectivity index (χ3v) is 9.07. The third kappa shape index (κ3) is 18.0. The Labute approximate surface area is 363 Å². The number of aliphatic hydroxyl groups is 3. The minimum absolute atomic E-state index is 0.109. The molecule has 0 saturated carbocycles. The van der Waals surface area contributed by atoms with Crippen LogP contribution in [0.2, 0.25) is 0 Å². The number of aliphatic carboxylic acids is 2. The number of aromatic nitrogens is 2. The van der Waals surface area contributed by atoms with Gasteiger partial charge in [-0.3, -0.25) is 43.2 Å². The quantitative estimate of drug-likeness (QED) is 0.0396. The van der Waals surface area contributed by atoms with Gasteiger partial charge in [-0.25, -0.2) is 9.78 Å². The molecule has 1 heterocycles. The van der Waals surface area contributed by atoms with Crippen LogP contribution in [0.25, 0.3) is 0 Å². The molecule has 0 spiro atoms. The fraction of sp³-hybridized carbons (Fsp3) is 0.486. The molecule has 0 saturated heterocycles. The molecule has 0 radical (unpaired) electrons. The Balaban J connectivity index is 2.17. The van der Waals surface area contributed by atoms with Crippen LogP contribution in [0.3, 0.4) is 0 Å². The average molecular weight is 908 g/mol. The van der Waals surface area contributed by atoms with Gasteiger partial charge >= 0.3 is 11.9 Å². The number of carboxylic acid groups (broad SMARTS) is 2. The molecule has 0 bridgehead atoms. The number of aromatic amines is 1. The van der Waals surface area contributed by atoms with Crippen molar-refractivity contribution >= 4 is 59.2 Å². The molecule has 0 unspecified atom stereocenters. The molecule has 27 nitrogen and oxygen atoms in total. The molecule has 0 aliphatic rings. The van der Waals surface area contributed by atoms with E-state index in [4.69, 9.17) is 11.5 Å². The van der Waals surface area contributed by atoms with E-state index in [0.29, 0.717) is 5.56 Å². The Morgan fingerprint density at radius 1 is 0.703 bits per heavy atom. The number of nitrogens with one attached hydrogen (secondary N) is 8. The van der Waals surface area contributed by atoms with Gasteiger partial charge in [0.15, 0.2) is 0 Å². The zero-order valence-corrected chi connectivity index (χ0v) is 34.5. The van der Waals surface area contributed by atoms with Crippen molar-refractivity contribution in [1.29, 1.82) is 0 Å². The molecule has 0 aliphatic carbocycles. The number of hydrogen-bond acceptors (Lipinski definition) is 16. The molecular weight excluding hydrogens is 854 g/mol. The van der Waals surface area contributed by atoms with Crippen LogP contribution in [0, 0.1) is 0 Å². The molecule has 1 aromatic carbocycles. The van der Waals surface area contributed by atoms with Gasteiger partial charge in [-0.05, 0) is 38.0 Å². The first-order valence-corrected chi connectivity index (χ1v) is 19.3. The second-order valence-electron chi connectivity index (χ2n) is 14.4. The predicted octanol–water partition coefficient (Wildman–Crippen LogP) is -7.17. The number of aliphatic hydroxyl groups excluding tert-OH is 3. The van der Waals surface area contributed by atoms with E-state index in [1.54, 1.807) is 0 Å². The molecule has 0 fully saturated rings. The van der Waals surface area contributed by atoms with E-state index >= 15 is 0 Å². The highest BCUT2D eigenvalue weighted by Crippen LogP contribution is 2.12. The van der Waals surface area contributed by atoms with Crippen molar-refractivity contribution in [2.45, 2.75) is 100 Å². The van der Waals surface area contributed by atoms with E-state index < -0.39 is 140 Å². The Morgan fingerprint density at radius 3 is 1.80 bits per heavy atom. The highest BCUT2D eigenvalue weighted by atomic mass is 16.4. The summed E-state index contributed by atoms with van der Waals surface area (Å²) in [4.78, 5) is 133. The number of imidazole rings is 1. The van der Waals surface area contributed by atoms with Crippen LogP contribution in [0.5, 0.6) is 5.75 Å². The summed E-state index contributed by atoms with van der Waals surface area (Å²) >= 11 is 0. The molecule has 27 heteroatoms. The molecule has 64 heavy (non-hydrogen) atoms. The Kier molecular flexibility index (Phi) is 21.2. The van der Waals surface area contributed by atoms with E-state index in [9.17, 15) is 78.6 Å². The van der Waals surface area contributed by atoms with E-state index in [1.807, 2.05) is 0 Å². The van der Waals surface area contributed by atoms with Gasteiger partial charge in [-0.2, -0.15) is 0 Å². The maximum Gasteiger partial charge on any atom is 0.326 e. The van der Waals surface area contributed by atoms with Gasteiger partial charge in [0.25, 0.3) is 0 Å². The van der Waals surface area contributed by atoms with Crippen molar-refractivity contribution in [2.24, 2.45) is 11.5 Å². The molecule has 18 N–H and O–H groups in total. The number of carbonyl (C=O) groups excluding carboxylic acids is 8. The Hall–Kier alpha value is -7.23. The largest absolute Gasteiger partial charge is 0.508 e. The summed E-state index contributed by atoms with van der Waals surface area (Å²) in [5, 5.41) is 73.9. The number of nitrogens with zero attached hydrogens (tertiary/aromatic N) is 1. The maximum atomic E-state index is 13.6. The monoisotopic (exact) mass is 907 g/mol. The Morgan fingerprint density at radius 2 is 1.27 bits per heavy atom. The maximum absolute atomic E-state index is 13.6. The summed E-state index contributed by atoms with van der Waals surface area (Å²) in [5.74, 6) is -12.0. The highest BCUT2D eigenvalue weighted by molar-refractivity contribution is 5.98. The van der Waals surface area contributed by atoms with E-state index in [2.05, 4.69) is 47.2 Å². The molecule has 352 valence electrons. The SMILES string of the molecule is C[C@@H](O)[C@H](N)C(=O)N[C@@H](CCC(N)=O)C(=O)N[C@H](C(=O)NCC(=O)N[C@@H](CO)C(=O)N[C@@H](Cc1cnc[nH]1)C(=O)N[C@@H](CC(=O)O)C(=O)N[C@@H](Cc1ccc(O)cc1)C(=O)O)[C@@H](C)O. The second kappa shape index (κ2) is 25.6. The predicted molar refractivity (Wildman–Crippen MR) is 215 cm³/mol. The van der Waals surface area contributed by atoms with Crippen molar-refractivity contribution in [2.75, 3.05) is 13.2 Å². The zero-order valence-electron chi connectivity index (χ0n) is 34.5. The molecule has 8 amide bonds. The topological polar surface area (TPSA) is 457 Å². The van der Waals surface area contributed by atoms with Gasteiger partial charge in [-0.1, -0.05) is 12.1 Å². The van der Waals surface area contributed by atoms with E-state index in [1.165, 1.54) is 43.7 Å². The lowest BCUT2D eigenvalue weighted by molar-refractivity contribution is -0.143. The van der Waals surface area contributed by atoms with Crippen molar-refractivity contribution < 1.29 is 78.6 Å². The summed E-state index contributed by atoms with van der Waals surface area (Å²) in [5.41, 5.74) is 11.4. The van der Waals surface area contributed by atoms with Gasteiger partial charge in [0.05, 0.1) is 38.1 Å². The summed E-state index contributed by atoms with van der Waals surface area (Å²) < 4.78 is 0. The molecule has 9 atom stereocenters. The number of amides is 8. The number of aromatic hydroxyl groups is 1. The number of H-pyrrole nitrogens is 1. The minimum atomic E-state index is -1.90. The summed E-state index contributed by atoms with van der Waals surface area (Å²) in [7, 11) is 0. The van der Waals surface area contributed by atoms with Crippen molar-refractivity contribution in [3.63, 3.8) is 0 Å². The summed E-state index contributed by atoms with van der Waals surface area (Å²) in [6, 6.07) is -6.44. The second-order valence-corrected chi connectivity index (χ2v) is 14.4. The fourth-order valence-corrected chi connectivity index (χ4v) is 5.51. The lowest BCUT2D eigenvalue weighted by atomic mass is 10.0. The lowest BCUT2D eigenvalue weighted by Gasteiger charge is -2.26. The van der Waals surface area contributed by atoms with Gasteiger partial charge in [0, 0.05) is 31.2 Å². The van der Waals surface area contributed by atoms with Crippen LogP contribution >= 0.6 is 0 Å². The number of hydrogen-bond donors (Lipinski definition) is 16. The first-order chi connectivity index (χ1) is 30.0. The van der Waals surface area contributed by atoms with Crippen LogP contribution in [0.4, 0.5) is 0 Å². The van der Waals surface area contributed by atoms with Crippen LogP contribution in [0.1, 0.15) is 44.4 Å². The number of phenolic OH excluding ortho intramolecular Hbond substituents is 1. The van der Waals surface area contributed by atoms with Crippen molar-refractivity contribution in [1.82, 2.24) is 47.2 Å². The van der Waals surface area contributed by atoms with Crippen LogP contribution in [0.15, 0.2) is 36.8 Å². The average Bonchev–Trinajstić information content (AvgIpc) is 3.74. The van der Waals surface area contributed by atoms with Crippen LogP contribution < -0.4 is 48.7 Å². The van der Waals surface area contributed by atoms with Crippen molar-refractivity contribution in [3.05, 3.63) is 48.0 Å².